The fraction of sp³-hybridized carbons (Fsp3) is 0.308. The molecule has 0 saturated carbocycles. The lowest BCUT2D eigenvalue weighted by atomic mass is 10.1. The zero-order chi connectivity index (χ0) is 11.7. The molecule has 16 heavy (non-hydrogen) atoms. The van der Waals surface area contributed by atoms with E-state index < -0.39 is 0 Å². The number of hydrogen-bond donors (Lipinski definition) is 0. The van der Waals surface area contributed by atoms with Crippen LogP contribution in [0, 0.1) is 13.8 Å². The quantitative estimate of drug-likeness (QED) is 0.775. The van der Waals surface area contributed by atoms with Crippen molar-refractivity contribution < 1.29 is 9.47 Å². The van der Waals surface area contributed by atoms with Crippen LogP contribution in [0.1, 0.15) is 11.3 Å². The number of ether oxygens (including phenoxy) is 2. The summed E-state index contributed by atoms with van der Waals surface area (Å²) in [6, 6.07) is 3.97. The standard InChI is InChI=1S/C13H15NO2/c1-8-7-14-9(2)11-6-13(16-4)12(15-3)5-10(8)11/h5-7H,1-4H3. The normalized spacial score (nSPS) is 10.5. The summed E-state index contributed by atoms with van der Waals surface area (Å²) in [4.78, 5) is 4.34. The van der Waals surface area contributed by atoms with E-state index >= 15 is 0 Å². The number of pyridine rings is 1. The van der Waals surface area contributed by atoms with E-state index in [9.17, 15) is 0 Å². The van der Waals surface area contributed by atoms with Crippen LogP contribution in [-0.2, 0) is 0 Å². The van der Waals surface area contributed by atoms with Crippen molar-refractivity contribution in [3.05, 3.63) is 29.6 Å². The molecule has 1 aromatic carbocycles. The van der Waals surface area contributed by atoms with Crippen LogP contribution in [-0.4, -0.2) is 19.2 Å². The van der Waals surface area contributed by atoms with Crippen molar-refractivity contribution in [1.82, 2.24) is 4.98 Å². The summed E-state index contributed by atoms with van der Waals surface area (Å²) >= 11 is 0. The molecule has 0 N–H and O–H groups in total. The van der Waals surface area contributed by atoms with Crippen LogP contribution in [0.3, 0.4) is 0 Å². The predicted octanol–water partition coefficient (Wildman–Crippen LogP) is 2.87. The highest BCUT2D eigenvalue weighted by Crippen LogP contribution is 2.34. The summed E-state index contributed by atoms with van der Waals surface area (Å²) < 4.78 is 10.6. The molecule has 2 rings (SSSR count). The van der Waals surface area contributed by atoms with Crippen molar-refractivity contribution in [3.8, 4) is 11.5 Å². The predicted molar refractivity (Wildman–Crippen MR) is 64.3 cm³/mol. The molecule has 3 heteroatoms. The highest BCUT2D eigenvalue weighted by Gasteiger charge is 2.09. The van der Waals surface area contributed by atoms with E-state index in [1.165, 1.54) is 0 Å². The molecule has 0 fully saturated rings. The number of hydrogen-bond acceptors (Lipinski definition) is 3. The number of fused-ring (bicyclic) bond motifs is 1. The first-order valence-electron chi connectivity index (χ1n) is 5.15. The highest BCUT2D eigenvalue weighted by molar-refractivity contribution is 5.90. The molecule has 2 aromatic rings. The van der Waals surface area contributed by atoms with Crippen molar-refractivity contribution in [2.24, 2.45) is 0 Å². The lowest BCUT2D eigenvalue weighted by Crippen LogP contribution is -1.93. The molecule has 1 heterocycles. The van der Waals surface area contributed by atoms with Gasteiger partial charge in [0.15, 0.2) is 11.5 Å². The summed E-state index contributed by atoms with van der Waals surface area (Å²) in [6.45, 7) is 4.04. The number of rotatable bonds is 2. The molecule has 0 aliphatic carbocycles. The Morgan fingerprint density at radius 2 is 1.50 bits per heavy atom. The fourth-order valence-corrected chi connectivity index (χ4v) is 1.84. The zero-order valence-corrected chi connectivity index (χ0v) is 10.00. The van der Waals surface area contributed by atoms with Gasteiger partial charge in [-0.05, 0) is 36.9 Å². The largest absolute Gasteiger partial charge is 0.493 e. The Kier molecular flexibility index (Phi) is 2.69. The molecule has 0 radical (unpaired) electrons. The molecular formula is C13H15NO2. The van der Waals surface area contributed by atoms with Gasteiger partial charge in [0.1, 0.15) is 0 Å². The van der Waals surface area contributed by atoms with Gasteiger partial charge in [0.2, 0.25) is 0 Å². The summed E-state index contributed by atoms with van der Waals surface area (Å²) in [6.07, 6.45) is 1.88. The van der Waals surface area contributed by atoms with E-state index in [2.05, 4.69) is 4.98 Å². The first-order chi connectivity index (χ1) is 7.67. The van der Waals surface area contributed by atoms with Gasteiger partial charge in [-0.3, -0.25) is 4.98 Å². The molecule has 3 nitrogen and oxygen atoms in total. The van der Waals surface area contributed by atoms with E-state index in [4.69, 9.17) is 9.47 Å². The lowest BCUT2D eigenvalue weighted by Gasteiger charge is -2.11. The van der Waals surface area contributed by atoms with Crippen LogP contribution in [0.2, 0.25) is 0 Å². The number of aromatic nitrogens is 1. The Morgan fingerprint density at radius 3 is 2.06 bits per heavy atom. The molecular weight excluding hydrogens is 202 g/mol. The van der Waals surface area contributed by atoms with Gasteiger partial charge in [-0.25, -0.2) is 0 Å². The molecule has 1 aromatic heterocycles. The second-order valence-electron chi connectivity index (χ2n) is 3.78. The topological polar surface area (TPSA) is 31.4 Å². The van der Waals surface area contributed by atoms with E-state index in [-0.39, 0.29) is 0 Å². The molecule has 0 aliphatic heterocycles. The van der Waals surface area contributed by atoms with Crippen molar-refractivity contribution >= 4 is 10.8 Å². The molecule has 84 valence electrons. The molecule has 0 atom stereocenters. The van der Waals surface area contributed by atoms with Gasteiger partial charge in [0.25, 0.3) is 0 Å². The average molecular weight is 217 g/mol. The van der Waals surface area contributed by atoms with Crippen LogP contribution in [0.15, 0.2) is 18.3 Å². The SMILES string of the molecule is COc1cc2c(C)cnc(C)c2cc1OC. The lowest BCUT2D eigenvalue weighted by molar-refractivity contribution is 0.356. The van der Waals surface area contributed by atoms with Gasteiger partial charge >= 0.3 is 0 Å². The summed E-state index contributed by atoms with van der Waals surface area (Å²) in [5.74, 6) is 1.49. The third-order valence-electron chi connectivity index (χ3n) is 2.79. The maximum atomic E-state index is 5.29. The minimum absolute atomic E-state index is 0.741. The third kappa shape index (κ3) is 1.58. The first kappa shape index (κ1) is 10.7. The Labute approximate surface area is 95.0 Å². The van der Waals surface area contributed by atoms with Gasteiger partial charge in [-0.2, -0.15) is 0 Å². The maximum Gasteiger partial charge on any atom is 0.161 e. The van der Waals surface area contributed by atoms with Gasteiger partial charge in [0.05, 0.1) is 14.2 Å². The minimum atomic E-state index is 0.741. The highest BCUT2D eigenvalue weighted by atomic mass is 16.5. The first-order valence-corrected chi connectivity index (χ1v) is 5.15. The van der Waals surface area contributed by atoms with Gasteiger partial charge in [-0.1, -0.05) is 0 Å². The van der Waals surface area contributed by atoms with Crippen LogP contribution < -0.4 is 9.47 Å². The number of benzene rings is 1. The minimum Gasteiger partial charge on any atom is -0.493 e. The van der Waals surface area contributed by atoms with Crippen LogP contribution >= 0.6 is 0 Å². The summed E-state index contributed by atoms with van der Waals surface area (Å²) in [7, 11) is 3.29. The van der Waals surface area contributed by atoms with Crippen molar-refractivity contribution in [2.75, 3.05) is 14.2 Å². The number of methoxy groups -OCH3 is 2. The van der Waals surface area contributed by atoms with Crippen molar-refractivity contribution in [3.63, 3.8) is 0 Å². The van der Waals surface area contributed by atoms with Crippen LogP contribution in [0.25, 0.3) is 10.8 Å². The van der Waals surface area contributed by atoms with Gasteiger partial charge in [-0.15, -0.1) is 0 Å². The Morgan fingerprint density at radius 1 is 0.938 bits per heavy atom. The summed E-state index contributed by atoms with van der Waals surface area (Å²) in [5.41, 5.74) is 2.14. The number of aryl methyl sites for hydroxylation is 2. The van der Waals surface area contributed by atoms with Gasteiger partial charge < -0.3 is 9.47 Å². The number of nitrogens with zero attached hydrogens (tertiary/aromatic N) is 1. The Hall–Kier alpha value is -1.77. The summed E-state index contributed by atoms with van der Waals surface area (Å²) in [5, 5.41) is 2.27. The van der Waals surface area contributed by atoms with Crippen molar-refractivity contribution in [1.29, 1.82) is 0 Å². The van der Waals surface area contributed by atoms with Crippen LogP contribution in [0.5, 0.6) is 11.5 Å². The van der Waals surface area contributed by atoms with E-state index in [0.29, 0.717) is 0 Å². The Balaban J connectivity index is 2.82. The van der Waals surface area contributed by atoms with E-state index in [0.717, 1.165) is 33.5 Å². The fourth-order valence-electron chi connectivity index (χ4n) is 1.84. The molecule has 0 unspecified atom stereocenters. The molecule has 0 spiro atoms. The molecule has 0 aliphatic rings. The van der Waals surface area contributed by atoms with E-state index in [1.807, 2.05) is 32.2 Å². The molecule has 0 saturated heterocycles. The maximum absolute atomic E-state index is 5.29. The van der Waals surface area contributed by atoms with Gasteiger partial charge in [0, 0.05) is 17.3 Å². The molecule has 0 bridgehead atoms. The monoisotopic (exact) mass is 217 g/mol. The zero-order valence-electron chi connectivity index (χ0n) is 10.00. The second-order valence-corrected chi connectivity index (χ2v) is 3.78. The average Bonchev–Trinajstić information content (AvgIpc) is 2.32. The Bertz CT molecular complexity index is 486. The molecule has 0 amide bonds. The smallest absolute Gasteiger partial charge is 0.161 e. The second kappa shape index (κ2) is 4.00. The van der Waals surface area contributed by atoms with Crippen molar-refractivity contribution in [2.45, 2.75) is 13.8 Å². The van der Waals surface area contributed by atoms with Crippen LogP contribution in [0.4, 0.5) is 0 Å². The van der Waals surface area contributed by atoms with E-state index in [1.54, 1.807) is 14.2 Å². The third-order valence-corrected chi connectivity index (χ3v) is 2.79.